The predicted molar refractivity (Wildman–Crippen MR) is 285 cm³/mol. The fraction of sp³-hybridized carbons (Fsp3) is 0.873. The number of amides is 4. The van der Waals surface area contributed by atoms with Gasteiger partial charge in [0.15, 0.2) is 0 Å². The zero-order valence-electron chi connectivity index (χ0n) is 45.9. The molecule has 7 unspecified atom stereocenters. The van der Waals surface area contributed by atoms with Gasteiger partial charge in [-0.25, -0.2) is 14.4 Å². The quantitative estimate of drug-likeness (QED) is 0.0312. The summed E-state index contributed by atoms with van der Waals surface area (Å²) in [6.07, 6.45) is 18.3. The Bertz CT molecular complexity index is 1740. The second-order valence-electron chi connectivity index (χ2n) is 24.8. The van der Waals surface area contributed by atoms with Crippen molar-refractivity contribution in [1.29, 1.82) is 0 Å². The largest absolute Gasteiger partial charge is 0.461 e. The van der Waals surface area contributed by atoms with Crippen molar-refractivity contribution in [2.75, 3.05) is 50.8 Å². The Morgan fingerprint density at radius 1 is 0.686 bits per heavy atom. The van der Waals surface area contributed by atoms with Crippen LogP contribution in [0.3, 0.4) is 0 Å². The fourth-order valence-corrected chi connectivity index (χ4v) is 13.6. The van der Waals surface area contributed by atoms with Gasteiger partial charge in [0.1, 0.15) is 28.7 Å². The van der Waals surface area contributed by atoms with Gasteiger partial charge in [-0.3, -0.25) is 9.59 Å². The van der Waals surface area contributed by atoms with E-state index in [-0.39, 0.29) is 34.9 Å². The summed E-state index contributed by atoms with van der Waals surface area (Å²) in [4.78, 5) is 68.0. The molecular formula is C55H96N4O9S2. The lowest BCUT2D eigenvalue weighted by Crippen LogP contribution is -2.50. The summed E-state index contributed by atoms with van der Waals surface area (Å²) < 4.78 is 22.5. The summed E-state index contributed by atoms with van der Waals surface area (Å²) in [5.74, 6) is 4.08. The lowest BCUT2D eigenvalue weighted by molar-refractivity contribution is -0.148. The van der Waals surface area contributed by atoms with E-state index in [1.54, 1.807) is 30.6 Å². The molecule has 4 aliphatic carbocycles. The maximum atomic E-state index is 13.7. The molecule has 4 aliphatic rings. The standard InChI is InChI=1S/C55H96N4O9S2/c1-39(2)20-14-15-21-40-23-25-44-43-24-22-41-36-42(26-28-55(41,13)45(43)27-29-54(40,44)12)65-47(61)38-70-69-37-46(60)58(34-18-30-56-48(62)66-51(3,4)5)32-16-17-33-59(50(64)68-53(9,10)11)35-19-31-57-49(63)67-52(6,7)8/h22,39-40,42-45H,14-21,23-38H2,1-13H3,(H,56,62)(H,57,63). The molecule has 0 aliphatic heterocycles. The van der Waals surface area contributed by atoms with Gasteiger partial charge in [0.05, 0.1) is 5.75 Å². The monoisotopic (exact) mass is 1020 g/mol. The molecule has 4 amide bonds. The average Bonchev–Trinajstić information content (AvgIpc) is 3.57. The molecule has 0 aromatic carbocycles. The first-order valence-electron chi connectivity index (χ1n) is 27.0. The van der Waals surface area contributed by atoms with E-state index in [9.17, 15) is 24.0 Å². The van der Waals surface area contributed by atoms with E-state index in [0.717, 1.165) is 48.9 Å². The van der Waals surface area contributed by atoms with Gasteiger partial charge in [-0.2, -0.15) is 0 Å². The van der Waals surface area contributed by atoms with Crippen molar-refractivity contribution in [2.45, 2.75) is 216 Å². The highest BCUT2D eigenvalue weighted by molar-refractivity contribution is 8.77. The minimum absolute atomic E-state index is 0.0627. The van der Waals surface area contributed by atoms with Crippen LogP contribution in [0.5, 0.6) is 0 Å². The Morgan fingerprint density at radius 3 is 1.86 bits per heavy atom. The number of alkyl carbamates (subject to hydrolysis) is 2. The van der Waals surface area contributed by atoms with E-state index < -0.39 is 35.1 Å². The molecule has 0 saturated heterocycles. The van der Waals surface area contributed by atoms with Gasteiger partial charge in [0, 0.05) is 45.7 Å². The highest BCUT2D eigenvalue weighted by Crippen LogP contribution is 2.67. The predicted octanol–water partition coefficient (Wildman–Crippen LogP) is 12.8. The average molecular weight is 1020 g/mol. The van der Waals surface area contributed by atoms with Gasteiger partial charge in [0.25, 0.3) is 0 Å². The Morgan fingerprint density at radius 2 is 1.26 bits per heavy atom. The number of carbonyl (C=O) groups is 5. The smallest absolute Gasteiger partial charge is 0.410 e. The van der Waals surface area contributed by atoms with E-state index in [1.807, 2.05) is 41.5 Å². The van der Waals surface area contributed by atoms with Crippen LogP contribution in [-0.2, 0) is 28.5 Å². The number of hydrogen-bond acceptors (Lipinski definition) is 11. The third kappa shape index (κ3) is 19.6. The van der Waals surface area contributed by atoms with Crippen molar-refractivity contribution in [3.8, 4) is 0 Å². The molecule has 15 heteroatoms. The van der Waals surface area contributed by atoms with Crippen molar-refractivity contribution in [3.63, 3.8) is 0 Å². The first-order valence-corrected chi connectivity index (χ1v) is 29.5. The molecule has 70 heavy (non-hydrogen) atoms. The van der Waals surface area contributed by atoms with Crippen molar-refractivity contribution in [1.82, 2.24) is 20.4 Å². The normalized spacial score (nSPS) is 25.4. The van der Waals surface area contributed by atoms with E-state index >= 15 is 0 Å². The van der Waals surface area contributed by atoms with Crippen molar-refractivity contribution >= 4 is 51.7 Å². The third-order valence-electron chi connectivity index (χ3n) is 15.2. The SMILES string of the molecule is CC(C)CCCCC1CCC2C3CC=C4CC(OC(=O)CSSCC(=O)N(CCCCN(CCCNC(=O)OC(C)(C)C)C(=O)OC(C)(C)C)CCCNC(=O)OC(C)(C)C)CCC4(C)C3CCC12C. The number of esters is 1. The summed E-state index contributed by atoms with van der Waals surface area (Å²) >= 11 is 0. The first-order chi connectivity index (χ1) is 32.7. The van der Waals surface area contributed by atoms with Crippen LogP contribution in [0.2, 0.25) is 0 Å². The van der Waals surface area contributed by atoms with Crippen LogP contribution in [-0.4, -0.2) is 114 Å². The van der Waals surface area contributed by atoms with Gasteiger partial charge < -0.3 is 39.4 Å². The van der Waals surface area contributed by atoms with Gasteiger partial charge >= 0.3 is 24.2 Å². The molecule has 3 fully saturated rings. The summed E-state index contributed by atoms with van der Waals surface area (Å²) in [7, 11) is 2.71. The molecule has 0 radical (unpaired) electrons. The molecule has 0 heterocycles. The van der Waals surface area contributed by atoms with E-state index in [1.165, 1.54) is 84.9 Å². The summed E-state index contributed by atoms with van der Waals surface area (Å²) in [6.45, 7) is 28.5. The Labute approximate surface area is 431 Å². The van der Waals surface area contributed by atoms with Crippen LogP contribution in [0.15, 0.2) is 11.6 Å². The van der Waals surface area contributed by atoms with Crippen molar-refractivity contribution in [3.05, 3.63) is 11.6 Å². The molecule has 2 N–H and O–H groups in total. The molecule has 0 spiro atoms. The van der Waals surface area contributed by atoms with E-state index in [2.05, 4.69) is 44.4 Å². The number of nitrogens with zero attached hydrogens (tertiary/aromatic N) is 2. The lowest BCUT2D eigenvalue weighted by atomic mass is 9.47. The molecule has 13 nitrogen and oxygen atoms in total. The zero-order valence-corrected chi connectivity index (χ0v) is 47.5. The number of fused-ring (bicyclic) bond motifs is 5. The van der Waals surface area contributed by atoms with Gasteiger partial charge in [0.2, 0.25) is 5.91 Å². The maximum absolute atomic E-state index is 13.7. The number of ether oxygens (including phenoxy) is 4. The number of hydrogen-bond donors (Lipinski definition) is 2. The van der Waals surface area contributed by atoms with Crippen LogP contribution in [0.1, 0.15) is 193 Å². The molecule has 0 bridgehead atoms. The van der Waals surface area contributed by atoms with Crippen molar-refractivity contribution in [2.24, 2.45) is 40.4 Å². The second-order valence-corrected chi connectivity index (χ2v) is 27.2. The minimum Gasteiger partial charge on any atom is -0.461 e. The Hall–Kier alpha value is -2.81. The van der Waals surface area contributed by atoms with Crippen LogP contribution < -0.4 is 10.6 Å². The zero-order chi connectivity index (χ0) is 51.9. The molecule has 4 rings (SSSR count). The molecular weight excluding hydrogens is 925 g/mol. The van der Waals surface area contributed by atoms with Crippen LogP contribution in [0, 0.1) is 40.4 Å². The number of rotatable bonds is 24. The highest BCUT2D eigenvalue weighted by Gasteiger charge is 2.58. The maximum Gasteiger partial charge on any atom is 0.410 e. The summed E-state index contributed by atoms with van der Waals surface area (Å²) in [5, 5.41) is 5.53. The van der Waals surface area contributed by atoms with E-state index in [4.69, 9.17) is 18.9 Å². The third-order valence-corrected chi connectivity index (χ3v) is 17.3. The van der Waals surface area contributed by atoms with Crippen LogP contribution in [0.25, 0.3) is 0 Å². The minimum atomic E-state index is -0.674. The van der Waals surface area contributed by atoms with E-state index in [0.29, 0.717) is 70.4 Å². The van der Waals surface area contributed by atoms with Gasteiger partial charge in [-0.1, -0.05) is 80.2 Å². The second kappa shape index (κ2) is 26.9. The first kappa shape index (κ1) is 59.8. The van der Waals surface area contributed by atoms with Crippen LogP contribution in [0.4, 0.5) is 14.4 Å². The summed E-state index contributed by atoms with van der Waals surface area (Å²) in [6, 6.07) is 0. The topological polar surface area (TPSA) is 153 Å². The number of carbonyl (C=O) groups excluding carboxylic acids is 5. The van der Waals surface area contributed by atoms with Crippen molar-refractivity contribution < 1.29 is 42.9 Å². The Balaban J connectivity index is 1.24. The molecule has 3 saturated carbocycles. The number of nitrogens with one attached hydrogen (secondary N) is 2. The number of allylic oxidation sites excluding steroid dienone is 1. The fourth-order valence-electron chi connectivity index (χ4n) is 11.9. The van der Waals surface area contributed by atoms with Crippen LogP contribution >= 0.6 is 21.6 Å². The molecule has 0 aromatic heterocycles. The van der Waals surface area contributed by atoms with Gasteiger partial charge in [-0.15, -0.1) is 0 Å². The Kier molecular flexibility index (Phi) is 23.0. The molecule has 7 atom stereocenters. The molecule has 0 aromatic rings. The van der Waals surface area contributed by atoms with Gasteiger partial charge in [-0.05, 0) is 180 Å². The summed E-state index contributed by atoms with van der Waals surface area (Å²) in [5.41, 5.74) is 0.309. The number of unbranched alkanes of at least 4 members (excludes halogenated alkanes) is 2. The lowest BCUT2D eigenvalue weighted by Gasteiger charge is -2.58. The molecule has 402 valence electrons. The highest BCUT2D eigenvalue weighted by atomic mass is 33.1.